The van der Waals surface area contributed by atoms with Crippen molar-refractivity contribution in [2.75, 3.05) is 0 Å². The third kappa shape index (κ3) is 3.35. The summed E-state index contributed by atoms with van der Waals surface area (Å²) in [4.78, 5) is 21.6. The Morgan fingerprint density at radius 3 is 1.45 bits per heavy atom. The maximum Gasteiger partial charge on any atom is 0.253 e. The van der Waals surface area contributed by atoms with E-state index in [-0.39, 0.29) is 0 Å². The number of nitrogens with one attached hydrogen (secondary N) is 1. The highest BCUT2D eigenvalue weighted by atomic mass is 16.2. The predicted octanol–water partition coefficient (Wildman–Crippen LogP) is 0.781. The summed E-state index contributed by atoms with van der Waals surface area (Å²) in [6.45, 7) is 9.80. The molecule has 0 aromatic carbocycles. The number of carbonyl (C=O) groups excluding carboxylic acids is 2. The Morgan fingerprint density at radius 2 is 1.27 bits per heavy atom. The summed E-state index contributed by atoms with van der Waals surface area (Å²) in [7, 11) is 0. The van der Waals surface area contributed by atoms with Crippen molar-refractivity contribution in [1.29, 1.82) is 0 Å². The van der Waals surface area contributed by atoms with E-state index in [1.807, 2.05) is 0 Å². The van der Waals surface area contributed by atoms with Gasteiger partial charge in [0.1, 0.15) is 0 Å². The molecule has 0 aliphatic rings. The van der Waals surface area contributed by atoms with Crippen LogP contribution in [0.3, 0.4) is 0 Å². The minimum Gasteiger partial charge on any atom is -0.289 e. The molecular formula is C8H11NO2. The Kier molecular flexibility index (Phi) is 3.24. The Balaban J connectivity index is 4.07. The lowest BCUT2D eigenvalue weighted by Crippen LogP contribution is -2.30. The van der Waals surface area contributed by atoms with Gasteiger partial charge in [0.25, 0.3) is 11.8 Å². The van der Waals surface area contributed by atoms with Gasteiger partial charge in [-0.25, -0.2) is 0 Å². The standard InChI is InChI=1S/C8H11NO2/c1-5(2)7(10)9-8(11)6(3)4/h1,3H2,2,4H3,(H,9,10,11). The van der Waals surface area contributed by atoms with Gasteiger partial charge in [0.2, 0.25) is 0 Å². The first-order valence-electron chi connectivity index (χ1n) is 3.12. The summed E-state index contributed by atoms with van der Waals surface area (Å²) in [6.07, 6.45) is 0. The van der Waals surface area contributed by atoms with Crippen molar-refractivity contribution >= 4 is 11.8 Å². The summed E-state index contributed by atoms with van der Waals surface area (Å²) in [5.41, 5.74) is 0.610. The van der Waals surface area contributed by atoms with Gasteiger partial charge in [0.05, 0.1) is 0 Å². The van der Waals surface area contributed by atoms with E-state index in [0.717, 1.165) is 0 Å². The molecule has 0 rings (SSSR count). The normalized spacial score (nSPS) is 8.55. The number of rotatable bonds is 2. The average molecular weight is 153 g/mol. The molecule has 0 saturated heterocycles. The fraction of sp³-hybridized carbons (Fsp3) is 0.250. The zero-order valence-corrected chi connectivity index (χ0v) is 6.73. The molecule has 0 spiro atoms. The van der Waals surface area contributed by atoms with E-state index >= 15 is 0 Å². The molecule has 0 aromatic rings. The number of hydrogen-bond acceptors (Lipinski definition) is 2. The third-order valence-corrected chi connectivity index (χ3v) is 1.00. The Hall–Kier alpha value is -1.38. The molecular weight excluding hydrogens is 142 g/mol. The maximum absolute atomic E-state index is 10.8. The van der Waals surface area contributed by atoms with Crippen molar-refractivity contribution in [2.24, 2.45) is 0 Å². The molecule has 3 nitrogen and oxygen atoms in total. The SMILES string of the molecule is C=C(C)C(=O)NC(=O)C(=C)C. The summed E-state index contributed by atoms with van der Waals surface area (Å²) in [6, 6.07) is 0. The number of hydrogen-bond donors (Lipinski definition) is 1. The number of amides is 2. The largest absolute Gasteiger partial charge is 0.289 e. The van der Waals surface area contributed by atoms with Crippen molar-refractivity contribution in [1.82, 2.24) is 5.32 Å². The highest BCUT2D eigenvalue weighted by Crippen LogP contribution is 1.89. The maximum atomic E-state index is 10.8. The molecule has 0 heterocycles. The van der Waals surface area contributed by atoms with Crippen LogP contribution in [-0.2, 0) is 9.59 Å². The predicted molar refractivity (Wildman–Crippen MR) is 42.8 cm³/mol. The summed E-state index contributed by atoms with van der Waals surface area (Å²) in [5.74, 6) is -0.920. The first kappa shape index (κ1) is 9.62. The van der Waals surface area contributed by atoms with Crippen LogP contribution in [0.1, 0.15) is 13.8 Å². The molecule has 0 aromatic heterocycles. The second kappa shape index (κ2) is 3.71. The van der Waals surface area contributed by atoms with E-state index in [1.54, 1.807) is 0 Å². The van der Waals surface area contributed by atoms with Gasteiger partial charge in [-0.3, -0.25) is 14.9 Å². The molecule has 0 aliphatic carbocycles. The van der Waals surface area contributed by atoms with Crippen LogP contribution in [0.4, 0.5) is 0 Å². The molecule has 0 atom stereocenters. The van der Waals surface area contributed by atoms with Crippen LogP contribution in [0.2, 0.25) is 0 Å². The fourth-order valence-electron chi connectivity index (χ4n) is 0.317. The minimum absolute atomic E-state index is 0.305. The van der Waals surface area contributed by atoms with Gasteiger partial charge in [0, 0.05) is 11.1 Å². The van der Waals surface area contributed by atoms with Crippen LogP contribution in [0.5, 0.6) is 0 Å². The first-order valence-corrected chi connectivity index (χ1v) is 3.12. The van der Waals surface area contributed by atoms with Crippen molar-refractivity contribution in [3.8, 4) is 0 Å². The smallest absolute Gasteiger partial charge is 0.253 e. The molecule has 0 fully saturated rings. The van der Waals surface area contributed by atoms with E-state index in [2.05, 4.69) is 18.5 Å². The van der Waals surface area contributed by atoms with Gasteiger partial charge < -0.3 is 0 Å². The van der Waals surface area contributed by atoms with Crippen LogP contribution in [0.25, 0.3) is 0 Å². The average Bonchev–Trinajstić information content (AvgIpc) is 1.87. The van der Waals surface area contributed by atoms with Crippen LogP contribution >= 0.6 is 0 Å². The lowest BCUT2D eigenvalue weighted by molar-refractivity contribution is -0.126. The molecule has 60 valence electrons. The molecule has 0 unspecified atom stereocenters. The zero-order chi connectivity index (χ0) is 9.02. The van der Waals surface area contributed by atoms with Crippen LogP contribution < -0.4 is 5.32 Å². The number of carbonyl (C=O) groups is 2. The highest BCUT2D eigenvalue weighted by Gasteiger charge is 2.07. The molecule has 11 heavy (non-hydrogen) atoms. The Morgan fingerprint density at radius 1 is 1.00 bits per heavy atom. The van der Waals surface area contributed by atoms with E-state index in [9.17, 15) is 9.59 Å². The van der Waals surface area contributed by atoms with Gasteiger partial charge in [-0.15, -0.1) is 0 Å². The fourth-order valence-corrected chi connectivity index (χ4v) is 0.317. The minimum atomic E-state index is -0.460. The lowest BCUT2D eigenvalue weighted by Gasteiger charge is -2.00. The van der Waals surface area contributed by atoms with Gasteiger partial charge in [-0.1, -0.05) is 13.2 Å². The van der Waals surface area contributed by atoms with Crippen molar-refractivity contribution in [3.05, 3.63) is 24.3 Å². The monoisotopic (exact) mass is 153 g/mol. The molecule has 1 N–H and O–H groups in total. The van der Waals surface area contributed by atoms with E-state index < -0.39 is 11.8 Å². The van der Waals surface area contributed by atoms with E-state index in [0.29, 0.717) is 11.1 Å². The van der Waals surface area contributed by atoms with Crippen molar-refractivity contribution in [3.63, 3.8) is 0 Å². The second-order valence-corrected chi connectivity index (χ2v) is 2.34. The Bertz CT molecular complexity index is 204. The lowest BCUT2D eigenvalue weighted by atomic mass is 10.3. The molecule has 3 heteroatoms. The zero-order valence-electron chi connectivity index (χ0n) is 6.73. The highest BCUT2D eigenvalue weighted by molar-refractivity contribution is 6.08. The topological polar surface area (TPSA) is 46.2 Å². The molecule has 0 aliphatic heterocycles. The molecule has 0 radical (unpaired) electrons. The number of imide groups is 1. The second-order valence-electron chi connectivity index (χ2n) is 2.34. The van der Waals surface area contributed by atoms with Gasteiger partial charge in [-0.2, -0.15) is 0 Å². The molecule has 0 bridgehead atoms. The van der Waals surface area contributed by atoms with Crippen molar-refractivity contribution < 1.29 is 9.59 Å². The van der Waals surface area contributed by atoms with Crippen molar-refractivity contribution in [2.45, 2.75) is 13.8 Å². The summed E-state index contributed by atoms with van der Waals surface area (Å²) >= 11 is 0. The summed E-state index contributed by atoms with van der Waals surface area (Å²) in [5, 5.41) is 2.10. The quantitative estimate of drug-likeness (QED) is 0.596. The van der Waals surface area contributed by atoms with E-state index in [4.69, 9.17) is 0 Å². The Labute approximate surface area is 65.8 Å². The summed E-state index contributed by atoms with van der Waals surface area (Å²) < 4.78 is 0. The molecule has 0 saturated carbocycles. The van der Waals surface area contributed by atoms with Crippen LogP contribution in [0.15, 0.2) is 24.3 Å². The van der Waals surface area contributed by atoms with Gasteiger partial charge in [0.15, 0.2) is 0 Å². The first-order chi connectivity index (χ1) is 4.95. The van der Waals surface area contributed by atoms with E-state index in [1.165, 1.54) is 13.8 Å². The van der Waals surface area contributed by atoms with Crippen LogP contribution in [-0.4, -0.2) is 11.8 Å². The third-order valence-electron chi connectivity index (χ3n) is 1.00. The van der Waals surface area contributed by atoms with Gasteiger partial charge in [-0.05, 0) is 13.8 Å². The molecule has 2 amide bonds. The van der Waals surface area contributed by atoms with Crippen LogP contribution in [0, 0.1) is 0 Å². The van der Waals surface area contributed by atoms with Gasteiger partial charge >= 0.3 is 0 Å².